The van der Waals surface area contributed by atoms with E-state index in [1.54, 1.807) is 6.07 Å². The van der Waals surface area contributed by atoms with Crippen LogP contribution in [0.3, 0.4) is 0 Å². The zero-order valence-corrected chi connectivity index (χ0v) is 15.0. The fourth-order valence-corrected chi connectivity index (χ4v) is 2.54. The maximum absolute atomic E-state index is 12.2. The van der Waals surface area contributed by atoms with Crippen molar-refractivity contribution < 1.29 is 24.2 Å². The van der Waals surface area contributed by atoms with Crippen molar-refractivity contribution in [2.24, 2.45) is 0 Å². The number of aryl methyl sites for hydroxylation is 1. The average molecular weight is 357 g/mol. The Balaban J connectivity index is 1.97. The second-order valence-corrected chi connectivity index (χ2v) is 5.78. The van der Waals surface area contributed by atoms with Crippen LogP contribution in [-0.4, -0.2) is 30.7 Å². The first-order valence-electron chi connectivity index (χ1n) is 8.39. The molecule has 0 aromatic heterocycles. The van der Waals surface area contributed by atoms with Crippen molar-refractivity contribution >= 4 is 17.6 Å². The molecule has 0 saturated heterocycles. The minimum absolute atomic E-state index is 0.112. The summed E-state index contributed by atoms with van der Waals surface area (Å²) in [5.74, 6) is -0.422. The summed E-state index contributed by atoms with van der Waals surface area (Å²) in [6.45, 7) is 2.81. The van der Waals surface area contributed by atoms with Crippen LogP contribution in [0.1, 0.15) is 34.8 Å². The summed E-state index contributed by atoms with van der Waals surface area (Å²) in [6, 6.07) is 12.3. The molecule has 0 aliphatic heterocycles. The van der Waals surface area contributed by atoms with E-state index in [9.17, 15) is 14.7 Å². The van der Waals surface area contributed by atoms with Crippen molar-refractivity contribution in [1.29, 1.82) is 0 Å². The first-order valence-corrected chi connectivity index (χ1v) is 8.39. The number of anilines is 1. The van der Waals surface area contributed by atoms with E-state index in [0.717, 1.165) is 11.3 Å². The van der Waals surface area contributed by atoms with Crippen LogP contribution in [0, 0.1) is 0 Å². The summed E-state index contributed by atoms with van der Waals surface area (Å²) in [6.07, 6.45) is 0.882. The highest BCUT2D eigenvalue weighted by Gasteiger charge is 2.10. The molecular formula is C20H23NO5. The third-order valence-corrected chi connectivity index (χ3v) is 3.71. The number of aromatic carboxylic acids is 1. The predicted molar refractivity (Wildman–Crippen MR) is 98.7 cm³/mol. The van der Waals surface area contributed by atoms with Gasteiger partial charge >= 0.3 is 5.97 Å². The van der Waals surface area contributed by atoms with E-state index >= 15 is 0 Å². The van der Waals surface area contributed by atoms with Gasteiger partial charge < -0.3 is 19.9 Å². The molecule has 2 rings (SSSR count). The molecular weight excluding hydrogens is 334 g/mol. The number of hydrogen-bond donors (Lipinski definition) is 2. The average Bonchev–Trinajstić information content (AvgIpc) is 2.61. The van der Waals surface area contributed by atoms with Gasteiger partial charge in [0, 0.05) is 19.2 Å². The zero-order valence-electron chi connectivity index (χ0n) is 15.0. The number of rotatable bonds is 9. The van der Waals surface area contributed by atoms with E-state index in [1.807, 2.05) is 31.2 Å². The molecule has 6 heteroatoms. The number of hydrogen-bond acceptors (Lipinski definition) is 4. The number of ether oxygens (including phenoxy) is 2. The van der Waals surface area contributed by atoms with Crippen LogP contribution >= 0.6 is 0 Å². The van der Waals surface area contributed by atoms with E-state index in [4.69, 9.17) is 9.47 Å². The minimum Gasteiger partial charge on any atom is -0.494 e. The molecule has 0 aliphatic carbocycles. The van der Waals surface area contributed by atoms with Crippen molar-refractivity contribution in [3.63, 3.8) is 0 Å². The van der Waals surface area contributed by atoms with Gasteiger partial charge in [-0.2, -0.15) is 0 Å². The van der Waals surface area contributed by atoms with E-state index < -0.39 is 5.97 Å². The smallest absolute Gasteiger partial charge is 0.335 e. The number of carboxylic acids is 1. The summed E-state index contributed by atoms with van der Waals surface area (Å²) >= 11 is 0. The van der Waals surface area contributed by atoms with Crippen LogP contribution in [0.4, 0.5) is 5.69 Å². The van der Waals surface area contributed by atoms with Crippen LogP contribution in [-0.2, 0) is 22.6 Å². The molecule has 0 aliphatic rings. The van der Waals surface area contributed by atoms with Crippen molar-refractivity contribution in [3.05, 3.63) is 59.2 Å². The molecule has 0 unspecified atom stereocenters. The second-order valence-electron chi connectivity index (χ2n) is 5.78. The van der Waals surface area contributed by atoms with E-state index in [-0.39, 0.29) is 18.1 Å². The Morgan fingerprint density at radius 2 is 1.81 bits per heavy atom. The van der Waals surface area contributed by atoms with Gasteiger partial charge in [-0.3, -0.25) is 4.79 Å². The molecule has 0 saturated carbocycles. The number of carbonyl (C=O) groups is 2. The van der Waals surface area contributed by atoms with Crippen LogP contribution < -0.4 is 10.1 Å². The first-order chi connectivity index (χ1) is 12.5. The molecule has 138 valence electrons. The quantitative estimate of drug-likeness (QED) is 0.717. The molecule has 0 fully saturated rings. The van der Waals surface area contributed by atoms with Crippen LogP contribution in [0.2, 0.25) is 0 Å². The van der Waals surface area contributed by atoms with Crippen LogP contribution in [0.5, 0.6) is 5.75 Å². The fourth-order valence-electron chi connectivity index (χ4n) is 2.54. The van der Waals surface area contributed by atoms with Gasteiger partial charge in [0.05, 0.1) is 18.8 Å². The molecule has 0 bridgehead atoms. The Kier molecular flexibility index (Phi) is 7.17. The van der Waals surface area contributed by atoms with Gasteiger partial charge in [-0.15, -0.1) is 0 Å². The van der Waals surface area contributed by atoms with Gasteiger partial charge in [-0.05, 0) is 54.8 Å². The Morgan fingerprint density at radius 1 is 1.08 bits per heavy atom. The van der Waals surface area contributed by atoms with Gasteiger partial charge in [0.15, 0.2) is 0 Å². The lowest BCUT2D eigenvalue weighted by Crippen LogP contribution is -2.13. The number of benzene rings is 2. The molecule has 2 aromatic rings. The molecule has 26 heavy (non-hydrogen) atoms. The lowest BCUT2D eigenvalue weighted by molar-refractivity contribution is -0.116. The molecule has 1 amide bonds. The molecule has 2 N–H and O–H groups in total. The lowest BCUT2D eigenvalue weighted by Gasteiger charge is -2.09. The van der Waals surface area contributed by atoms with Crippen molar-refractivity contribution in [3.8, 4) is 5.75 Å². The highest BCUT2D eigenvalue weighted by molar-refractivity contribution is 5.94. The Labute approximate surface area is 152 Å². The number of methoxy groups -OCH3 is 1. The van der Waals surface area contributed by atoms with E-state index in [2.05, 4.69) is 5.32 Å². The highest BCUT2D eigenvalue weighted by atomic mass is 16.5. The monoisotopic (exact) mass is 357 g/mol. The minimum atomic E-state index is -1.05. The Morgan fingerprint density at radius 3 is 2.42 bits per heavy atom. The van der Waals surface area contributed by atoms with Crippen molar-refractivity contribution in [2.45, 2.75) is 26.4 Å². The predicted octanol–water partition coefficient (Wildman–Crippen LogP) is 3.50. The lowest BCUT2D eigenvalue weighted by atomic mass is 10.1. The summed E-state index contributed by atoms with van der Waals surface area (Å²) in [5, 5.41) is 11.9. The van der Waals surface area contributed by atoms with Crippen molar-refractivity contribution in [2.75, 3.05) is 19.0 Å². The topological polar surface area (TPSA) is 84.9 Å². The zero-order chi connectivity index (χ0) is 18.9. The molecule has 6 nitrogen and oxygen atoms in total. The maximum atomic E-state index is 12.2. The Hall–Kier alpha value is -2.86. The maximum Gasteiger partial charge on any atom is 0.335 e. The summed E-state index contributed by atoms with van der Waals surface area (Å²) in [5.41, 5.74) is 2.28. The summed E-state index contributed by atoms with van der Waals surface area (Å²) in [7, 11) is 1.53. The van der Waals surface area contributed by atoms with Crippen LogP contribution in [0.15, 0.2) is 42.5 Å². The third-order valence-electron chi connectivity index (χ3n) is 3.71. The summed E-state index contributed by atoms with van der Waals surface area (Å²) in [4.78, 5) is 23.4. The van der Waals surface area contributed by atoms with Gasteiger partial charge in [0.1, 0.15) is 5.75 Å². The Bertz CT molecular complexity index is 755. The molecule has 0 heterocycles. The molecule has 0 atom stereocenters. The van der Waals surface area contributed by atoms with Gasteiger partial charge in [-0.25, -0.2) is 4.79 Å². The number of nitrogens with one attached hydrogen (secondary N) is 1. The SMILES string of the molecule is CCOc1ccc(CCC(=O)Nc2cc(COC)cc(C(=O)O)c2)cc1. The number of carboxylic acid groups (broad SMARTS) is 1. The first kappa shape index (κ1) is 19.5. The largest absolute Gasteiger partial charge is 0.494 e. The molecule has 2 aromatic carbocycles. The number of carbonyl (C=O) groups excluding carboxylic acids is 1. The number of amides is 1. The highest BCUT2D eigenvalue weighted by Crippen LogP contribution is 2.17. The standard InChI is InChI=1S/C20H23NO5/c1-3-26-18-7-4-14(5-8-18)6-9-19(22)21-17-11-15(13-25-2)10-16(12-17)20(23)24/h4-5,7-8,10-12H,3,6,9,13H2,1-2H3,(H,21,22)(H,23,24). The normalized spacial score (nSPS) is 10.4. The van der Waals surface area contributed by atoms with Gasteiger partial charge in [-0.1, -0.05) is 12.1 Å². The van der Waals surface area contributed by atoms with E-state index in [1.165, 1.54) is 19.2 Å². The van der Waals surface area contributed by atoms with Gasteiger partial charge in [0.2, 0.25) is 5.91 Å². The van der Waals surface area contributed by atoms with Crippen molar-refractivity contribution in [1.82, 2.24) is 0 Å². The van der Waals surface area contributed by atoms with E-state index in [0.29, 0.717) is 30.7 Å². The molecule has 0 spiro atoms. The third kappa shape index (κ3) is 5.89. The van der Waals surface area contributed by atoms with Gasteiger partial charge in [0.25, 0.3) is 0 Å². The molecule has 0 radical (unpaired) electrons. The summed E-state index contributed by atoms with van der Waals surface area (Å²) < 4.78 is 10.4. The fraction of sp³-hybridized carbons (Fsp3) is 0.300. The van der Waals surface area contributed by atoms with Crippen LogP contribution in [0.25, 0.3) is 0 Å². The second kappa shape index (κ2) is 9.58.